The number of aryl methyl sites for hydroxylation is 2. The molecular weight excluding hydrogens is 206 g/mol. The Morgan fingerprint density at radius 3 is 3.00 bits per heavy atom. The van der Waals surface area contributed by atoms with E-state index in [1.807, 2.05) is 22.5 Å². The molecule has 0 unspecified atom stereocenters. The minimum atomic E-state index is 0.411. The maximum absolute atomic E-state index is 5.55. The summed E-state index contributed by atoms with van der Waals surface area (Å²) in [4.78, 5) is 0. The van der Waals surface area contributed by atoms with Crippen LogP contribution in [0, 0.1) is 0 Å². The standard InChI is InChI=1S/C10H15N5O/c1-3-4-15-6-9(5-12-15)16-7-10-13-11-8-14(10)2/h5-6,8H,3-4,7H2,1-2H3. The van der Waals surface area contributed by atoms with Gasteiger partial charge in [0.2, 0.25) is 0 Å². The third kappa shape index (κ3) is 2.39. The Morgan fingerprint density at radius 2 is 2.31 bits per heavy atom. The third-order valence-corrected chi connectivity index (χ3v) is 2.24. The first-order chi connectivity index (χ1) is 7.79. The van der Waals surface area contributed by atoms with E-state index < -0.39 is 0 Å². The first-order valence-corrected chi connectivity index (χ1v) is 5.27. The predicted molar refractivity (Wildman–Crippen MR) is 57.9 cm³/mol. The molecule has 16 heavy (non-hydrogen) atoms. The Bertz CT molecular complexity index is 448. The molecule has 6 nitrogen and oxygen atoms in total. The van der Waals surface area contributed by atoms with Gasteiger partial charge in [0.15, 0.2) is 11.6 Å². The molecule has 0 N–H and O–H groups in total. The highest BCUT2D eigenvalue weighted by Crippen LogP contribution is 2.10. The smallest absolute Gasteiger partial charge is 0.170 e. The van der Waals surface area contributed by atoms with Gasteiger partial charge >= 0.3 is 0 Å². The zero-order valence-electron chi connectivity index (χ0n) is 9.50. The summed E-state index contributed by atoms with van der Waals surface area (Å²) >= 11 is 0. The van der Waals surface area contributed by atoms with Crippen LogP contribution in [0.4, 0.5) is 0 Å². The van der Waals surface area contributed by atoms with Crippen molar-refractivity contribution in [3.63, 3.8) is 0 Å². The molecule has 6 heteroatoms. The molecule has 0 aromatic carbocycles. The van der Waals surface area contributed by atoms with Gasteiger partial charge in [0, 0.05) is 13.6 Å². The number of rotatable bonds is 5. The van der Waals surface area contributed by atoms with E-state index in [4.69, 9.17) is 4.74 Å². The van der Waals surface area contributed by atoms with Crippen LogP contribution < -0.4 is 4.74 Å². The molecule has 0 aliphatic rings. The van der Waals surface area contributed by atoms with Gasteiger partial charge in [-0.05, 0) is 6.42 Å². The topological polar surface area (TPSA) is 57.8 Å². The van der Waals surface area contributed by atoms with Crippen molar-refractivity contribution in [2.45, 2.75) is 26.5 Å². The van der Waals surface area contributed by atoms with Crippen molar-refractivity contribution >= 4 is 0 Å². The fourth-order valence-electron chi connectivity index (χ4n) is 1.36. The van der Waals surface area contributed by atoms with Gasteiger partial charge in [0.25, 0.3) is 0 Å². The molecule has 0 spiro atoms. The predicted octanol–water partition coefficient (Wildman–Crippen LogP) is 1.00. The average Bonchev–Trinajstić information content (AvgIpc) is 2.86. The summed E-state index contributed by atoms with van der Waals surface area (Å²) in [6.45, 7) is 3.43. The molecule has 0 saturated carbocycles. The minimum Gasteiger partial charge on any atom is -0.482 e. The monoisotopic (exact) mass is 221 g/mol. The second kappa shape index (κ2) is 4.78. The van der Waals surface area contributed by atoms with E-state index in [0.29, 0.717) is 6.61 Å². The van der Waals surface area contributed by atoms with Gasteiger partial charge in [-0.2, -0.15) is 5.10 Å². The van der Waals surface area contributed by atoms with Crippen LogP contribution in [0.1, 0.15) is 19.2 Å². The van der Waals surface area contributed by atoms with Gasteiger partial charge in [0.05, 0.1) is 12.4 Å². The highest BCUT2D eigenvalue weighted by atomic mass is 16.5. The lowest BCUT2D eigenvalue weighted by atomic mass is 10.5. The SMILES string of the molecule is CCCn1cc(OCc2nncn2C)cn1. The second-order valence-corrected chi connectivity index (χ2v) is 3.59. The zero-order valence-corrected chi connectivity index (χ0v) is 9.50. The first-order valence-electron chi connectivity index (χ1n) is 5.27. The lowest BCUT2D eigenvalue weighted by molar-refractivity contribution is 0.291. The summed E-state index contributed by atoms with van der Waals surface area (Å²) in [6.07, 6.45) is 6.31. The van der Waals surface area contributed by atoms with Crippen molar-refractivity contribution in [1.82, 2.24) is 24.5 Å². The maximum Gasteiger partial charge on any atom is 0.170 e. The number of hydrogen-bond acceptors (Lipinski definition) is 4. The molecule has 0 atom stereocenters. The molecule has 0 aliphatic carbocycles. The molecule has 2 rings (SSSR count). The van der Waals surface area contributed by atoms with E-state index in [-0.39, 0.29) is 0 Å². The molecular formula is C10H15N5O. The van der Waals surface area contributed by atoms with Crippen LogP contribution in [-0.2, 0) is 20.2 Å². The molecule has 0 radical (unpaired) electrons. The molecule has 0 bridgehead atoms. The Kier molecular flexibility index (Phi) is 3.19. The number of hydrogen-bond donors (Lipinski definition) is 0. The molecule has 2 aromatic rings. The molecule has 0 fully saturated rings. The summed E-state index contributed by atoms with van der Waals surface area (Å²) in [5, 5.41) is 11.9. The van der Waals surface area contributed by atoms with E-state index in [0.717, 1.165) is 24.5 Å². The summed E-state index contributed by atoms with van der Waals surface area (Å²) in [7, 11) is 1.89. The number of aromatic nitrogens is 5. The fourth-order valence-corrected chi connectivity index (χ4v) is 1.36. The van der Waals surface area contributed by atoms with Crippen molar-refractivity contribution in [3.8, 4) is 5.75 Å². The highest BCUT2D eigenvalue weighted by Gasteiger charge is 2.03. The van der Waals surface area contributed by atoms with E-state index in [1.54, 1.807) is 12.5 Å². The highest BCUT2D eigenvalue weighted by molar-refractivity contribution is 5.11. The lowest BCUT2D eigenvalue weighted by Gasteiger charge is -2.01. The lowest BCUT2D eigenvalue weighted by Crippen LogP contribution is -2.02. The normalized spacial score (nSPS) is 10.6. The van der Waals surface area contributed by atoms with Crippen LogP contribution in [0.2, 0.25) is 0 Å². The largest absolute Gasteiger partial charge is 0.482 e. The molecule has 86 valence electrons. The van der Waals surface area contributed by atoms with Gasteiger partial charge < -0.3 is 9.30 Å². The van der Waals surface area contributed by atoms with Gasteiger partial charge in [0.1, 0.15) is 12.9 Å². The first kappa shape index (κ1) is 10.7. The Balaban J connectivity index is 1.92. The third-order valence-electron chi connectivity index (χ3n) is 2.24. The van der Waals surface area contributed by atoms with Crippen molar-refractivity contribution < 1.29 is 4.74 Å². The molecule has 2 heterocycles. The van der Waals surface area contributed by atoms with Crippen LogP contribution in [0.5, 0.6) is 5.75 Å². The average molecular weight is 221 g/mol. The molecule has 2 aromatic heterocycles. The summed E-state index contributed by atoms with van der Waals surface area (Å²) < 4.78 is 9.25. The van der Waals surface area contributed by atoms with Gasteiger partial charge in [-0.3, -0.25) is 4.68 Å². The summed E-state index contributed by atoms with van der Waals surface area (Å²) in [5.41, 5.74) is 0. The van der Waals surface area contributed by atoms with E-state index in [2.05, 4.69) is 22.2 Å². The fraction of sp³-hybridized carbons (Fsp3) is 0.500. The second-order valence-electron chi connectivity index (χ2n) is 3.59. The Hall–Kier alpha value is -1.85. The van der Waals surface area contributed by atoms with Crippen molar-refractivity contribution in [3.05, 3.63) is 24.5 Å². The Labute approximate surface area is 93.9 Å². The summed E-state index contributed by atoms with van der Waals surface area (Å²) in [5.74, 6) is 1.56. The number of nitrogens with zero attached hydrogens (tertiary/aromatic N) is 5. The van der Waals surface area contributed by atoms with Crippen molar-refractivity contribution in [2.24, 2.45) is 7.05 Å². The maximum atomic E-state index is 5.55. The molecule has 0 amide bonds. The minimum absolute atomic E-state index is 0.411. The number of ether oxygens (including phenoxy) is 1. The zero-order chi connectivity index (χ0) is 11.4. The van der Waals surface area contributed by atoms with Crippen LogP contribution in [0.15, 0.2) is 18.7 Å². The Morgan fingerprint density at radius 1 is 1.44 bits per heavy atom. The van der Waals surface area contributed by atoms with Gasteiger partial charge in [-0.25, -0.2) is 0 Å². The van der Waals surface area contributed by atoms with Crippen LogP contribution in [0.3, 0.4) is 0 Å². The van der Waals surface area contributed by atoms with Gasteiger partial charge in [-0.15, -0.1) is 10.2 Å². The van der Waals surface area contributed by atoms with Crippen LogP contribution in [-0.4, -0.2) is 24.5 Å². The van der Waals surface area contributed by atoms with Gasteiger partial charge in [-0.1, -0.05) is 6.92 Å². The quantitative estimate of drug-likeness (QED) is 0.755. The van der Waals surface area contributed by atoms with E-state index in [9.17, 15) is 0 Å². The van der Waals surface area contributed by atoms with Crippen molar-refractivity contribution in [2.75, 3.05) is 0 Å². The van der Waals surface area contributed by atoms with E-state index in [1.165, 1.54) is 0 Å². The van der Waals surface area contributed by atoms with E-state index >= 15 is 0 Å². The van der Waals surface area contributed by atoms with Crippen molar-refractivity contribution in [1.29, 1.82) is 0 Å². The summed E-state index contributed by atoms with van der Waals surface area (Å²) in [6, 6.07) is 0. The van der Waals surface area contributed by atoms with Crippen LogP contribution in [0.25, 0.3) is 0 Å². The molecule has 0 aliphatic heterocycles. The molecule has 0 saturated heterocycles. The van der Waals surface area contributed by atoms with Crippen LogP contribution >= 0.6 is 0 Å².